The van der Waals surface area contributed by atoms with Gasteiger partial charge in [0.2, 0.25) is 5.91 Å². The Balaban J connectivity index is 1.11. The lowest BCUT2D eigenvalue weighted by molar-refractivity contribution is -0.166. The third-order valence-corrected chi connectivity index (χ3v) is 17.4. The summed E-state index contributed by atoms with van der Waals surface area (Å²) in [5.41, 5.74) is 9.30. The SMILES string of the molecule is CCn1c(-c2cccnc2[C@@]2(OC)CS2)c2c3cc(ccc31)-c1csc(n1)CC1(C(=O)N3CCC[C@H](N3)C(=O)OCC(C)(C)C2)C2[Si]C2C1C(=O)C1CCC1C#N. The summed E-state index contributed by atoms with van der Waals surface area (Å²) in [6, 6.07) is 12.4. The second-order valence-corrected chi connectivity index (χ2v) is 21.3. The van der Waals surface area contributed by atoms with Crippen LogP contribution in [0.15, 0.2) is 41.9 Å². The minimum atomic E-state index is -0.956. The Hall–Kier alpha value is -3.87. The highest BCUT2D eigenvalue weighted by molar-refractivity contribution is 8.07. The quantitative estimate of drug-likeness (QED) is 0.129. The standard InChI is InChI=1S/C43H46N6O5S2Si/c1-5-48-31-13-11-23-16-27(31)28(34(48)26-8-6-14-45-37(26)43(53-4)22-56-43)17-41(2,3)21-54-39(51)29-9-7-15-49(47-29)40(52)42(18-32-46-30(23)20-55-32)33(36-38(42)57-36)35(50)25-12-10-24(25)19-44/h6,8,11,13-14,16,20,24-25,29,33,36,38,47H,5,7,9-10,12,15,17-18,21-22H2,1-4H3/t24?,25?,29-,33?,36?,38?,42?,43+/m0/s1. The molecular formula is C43H46N6O5S2Si. The van der Waals surface area contributed by atoms with Crippen molar-refractivity contribution in [3.63, 3.8) is 0 Å². The van der Waals surface area contributed by atoms with Gasteiger partial charge in [0.05, 0.1) is 46.1 Å². The number of nitrogens with one attached hydrogen (secondary N) is 1. The molecule has 4 aliphatic heterocycles. The maximum atomic E-state index is 15.0. The van der Waals surface area contributed by atoms with Gasteiger partial charge in [-0.05, 0) is 79.9 Å². The predicted octanol–water partition coefficient (Wildman–Crippen LogP) is 6.59. The molecule has 8 atom stereocenters. The predicted molar refractivity (Wildman–Crippen MR) is 219 cm³/mol. The van der Waals surface area contributed by atoms with E-state index in [2.05, 4.69) is 66.5 Å². The lowest BCUT2D eigenvalue weighted by Crippen LogP contribution is -2.64. The number of rotatable bonds is 6. The van der Waals surface area contributed by atoms with Crippen LogP contribution < -0.4 is 5.43 Å². The van der Waals surface area contributed by atoms with Crippen molar-refractivity contribution in [2.24, 2.45) is 28.6 Å². The van der Waals surface area contributed by atoms with Gasteiger partial charge in [-0.3, -0.25) is 24.4 Å². The van der Waals surface area contributed by atoms with Crippen molar-refractivity contribution in [1.29, 1.82) is 5.26 Å². The van der Waals surface area contributed by atoms with Gasteiger partial charge >= 0.3 is 5.97 Å². The normalized spacial score (nSPS) is 32.7. The average molecular weight is 819 g/mol. The average Bonchev–Trinajstić information content (AvgIpc) is 4.08. The maximum absolute atomic E-state index is 15.0. The number of cyclic esters (lactones) is 1. The molecule has 4 aromatic rings. The fourth-order valence-corrected chi connectivity index (χ4v) is 14.1. The molecule has 1 N–H and O–H groups in total. The van der Waals surface area contributed by atoms with Crippen LogP contribution in [0, 0.1) is 39.9 Å². The Kier molecular flexibility index (Phi) is 8.92. The number of thioether (sulfide) groups is 1. The fraction of sp³-hybridized carbons (Fsp3) is 0.535. The van der Waals surface area contributed by atoms with E-state index in [4.69, 9.17) is 19.4 Å². The first-order valence-electron chi connectivity index (χ1n) is 20.2. The van der Waals surface area contributed by atoms with Crippen LogP contribution >= 0.6 is 23.1 Å². The first-order chi connectivity index (χ1) is 27.5. The lowest BCUT2D eigenvalue weighted by Gasteiger charge is -2.51. The molecule has 5 fully saturated rings. The van der Waals surface area contributed by atoms with Crippen molar-refractivity contribution in [2.75, 3.05) is 26.0 Å². The molecule has 57 heavy (non-hydrogen) atoms. The molecule has 6 bridgehead atoms. The number of aromatic nitrogens is 3. The number of nitrogens with zero attached hydrogens (tertiary/aromatic N) is 5. The van der Waals surface area contributed by atoms with Crippen LogP contribution in [0.4, 0.5) is 0 Å². The van der Waals surface area contributed by atoms with Crippen LogP contribution in [0.25, 0.3) is 33.4 Å². The second kappa shape index (κ2) is 13.6. The highest BCUT2D eigenvalue weighted by atomic mass is 32.2. The topological polar surface area (TPSA) is 139 Å². The molecule has 2 aliphatic carbocycles. The zero-order chi connectivity index (χ0) is 39.4. The molecule has 3 aromatic heterocycles. The third kappa shape index (κ3) is 5.81. The summed E-state index contributed by atoms with van der Waals surface area (Å²) in [4.78, 5) is 52.9. The zero-order valence-electron chi connectivity index (χ0n) is 32.7. The van der Waals surface area contributed by atoms with E-state index in [0.29, 0.717) is 48.2 Å². The Labute approximate surface area is 343 Å². The highest BCUT2D eigenvalue weighted by Crippen LogP contribution is 2.77. The highest BCUT2D eigenvalue weighted by Gasteiger charge is 2.77. The van der Waals surface area contributed by atoms with Crippen molar-refractivity contribution in [2.45, 2.75) is 87.9 Å². The molecule has 1 spiro atoms. The molecule has 6 aliphatic rings. The van der Waals surface area contributed by atoms with E-state index in [1.54, 1.807) is 35.2 Å². The van der Waals surface area contributed by atoms with E-state index < -0.39 is 27.7 Å². The van der Waals surface area contributed by atoms with Crippen molar-refractivity contribution >= 4 is 61.2 Å². The summed E-state index contributed by atoms with van der Waals surface area (Å²) in [5.74, 6) is -0.631. The van der Waals surface area contributed by atoms with Crippen molar-refractivity contribution < 1.29 is 23.9 Å². The van der Waals surface area contributed by atoms with Crippen LogP contribution in [-0.4, -0.2) is 78.8 Å². The number of esters is 1. The summed E-state index contributed by atoms with van der Waals surface area (Å²) in [6.07, 6.45) is 5.45. The number of hydrogen-bond donors (Lipinski definition) is 1. The summed E-state index contributed by atoms with van der Waals surface area (Å²) >= 11 is 3.29. The molecule has 2 radical (unpaired) electrons. The molecular weight excluding hydrogens is 773 g/mol. The van der Waals surface area contributed by atoms with Crippen LogP contribution in [0.5, 0.6) is 0 Å². The fourth-order valence-electron chi connectivity index (χ4n) is 10.3. The van der Waals surface area contributed by atoms with Gasteiger partial charge in [-0.25, -0.2) is 10.4 Å². The Morgan fingerprint density at radius 2 is 2.04 bits per heavy atom. The molecule has 10 rings (SSSR count). The number of carbonyl (C=O) groups is 3. The Morgan fingerprint density at radius 3 is 2.77 bits per heavy atom. The number of aryl methyl sites for hydroxylation is 1. The Bertz CT molecular complexity index is 2380. The van der Waals surface area contributed by atoms with E-state index in [0.717, 1.165) is 68.4 Å². The first kappa shape index (κ1) is 37.4. The number of benzene rings is 1. The van der Waals surface area contributed by atoms with Gasteiger partial charge in [0.15, 0.2) is 4.93 Å². The van der Waals surface area contributed by atoms with Crippen LogP contribution in [0.1, 0.15) is 62.7 Å². The van der Waals surface area contributed by atoms with E-state index in [1.807, 2.05) is 12.3 Å². The monoisotopic (exact) mass is 818 g/mol. The summed E-state index contributed by atoms with van der Waals surface area (Å²) in [7, 11) is 2.27. The summed E-state index contributed by atoms with van der Waals surface area (Å²) in [5, 5.41) is 15.4. The van der Waals surface area contributed by atoms with E-state index >= 15 is 4.79 Å². The van der Waals surface area contributed by atoms with Gasteiger partial charge < -0.3 is 14.0 Å². The number of ether oxygens (including phenoxy) is 2. The molecule has 1 amide bonds. The third-order valence-electron chi connectivity index (χ3n) is 13.5. The van der Waals surface area contributed by atoms with Crippen molar-refractivity contribution in [3.8, 4) is 28.6 Å². The second-order valence-electron chi connectivity index (χ2n) is 17.5. The van der Waals surface area contributed by atoms with Crippen LogP contribution in [-0.2, 0) is 48.2 Å². The number of ketones is 1. The van der Waals surface area contributed by atoms with Gasteiger partial charge in [-0.1, -0.05) is 19.9 Å². The van der Waals surface area contributed by atoms with Gasteiger partial charge in [0.25, 0.3) is 0 Å². The van der Waals surface area contributed by atoms with Gasteiger partial charge in [-0.15, -0.1) is 23.1 Å². The van der Waals surface area contributed by atoms with Gasteiger partial charge in [-0.2, -0.15) is 5.26 Å². The minimum absolute atomic E-state index is 0.0733. The van der Waals surface area contributed by atoms with E-state index in [1.165, 1.54) is 0 Å². The van der Waals surface area contributed by atoms with Crippen LogP contribution in [0.3, 0.4) is 0 Å². The van der Waals surface area contributed by atoms with Gasteiger partial charge in [0.1, 0.15) is 11.8 Å². The van der Waals surface area contributed by atoms with Crippen molar-refractivity contribution in [1.82, 2.24) is 25.0 Å². The smallest absolute Gasteiger partial charge is 0.324 e. The number of carbonyl (C=O) groups excluding carboxylic acids is 3. The summed E-state index contributed by atoms with van der Waals surface area (Å²) < 4.78 is 14.6. The molecule has 3 saturated heterocycles. The number of hydrazine groups is 1. The van der Waals surface area contributed by atoms with Crippen LogP contribution in [0.2, 0.25) is 11.1 Å². The minimum Gasteiger partial charge on any atom is -0.464 e. The zero-order valence-corrected chi connectivity index (χ0v) is 35.3. The number of Topliss-reactive ketones (excluding diaryl/α,β-unsaturated/α-hetero) is 1. The number of fused-ring (bicyclic) bond motifs is 8. The number of hydrogen-bond acceptors (Lipinski definition) is 11. The number of amides is 1. The van der Waals surface area contributed by atoms with E-state index in [9.17, 15) is 14.9 Å². The van der Waals surface area contributed by atoms with E-state index in [-0.39, 0.29) is 47.2 Å². The van der Waals surface area contributed by atoms with Gasteiger partial charge in [0, 0.05) is 92.8 Å². The largest absolute Gasteiger partial charge is 0.464 e. The molecule has 11 nitrogen and oxygen atoms in total. The molecule has 7 heterocycles. The molecule has 1 aromatic carbocycles. The molecule has 14 heteroatoms. The number of methoxy groups -OCH3 is 1. The number of pyridine rings is 1. The lowest BCUT2D eigenvalue weighted by atomic mass is 9.52. The first-order valence-corrected chi connectivity index (χ1v) is 23.2. The maximum Gasteiger partial charge on any atom is 0.324 e. The molecule has 2 saturated carbocycles. The molecule has 6 unspecified atom stereocenters. The Morgan fingerprint density at radius 1 is 1.19 bits per heavy atom. The molecule has 294 valence electrons. The number of thiazole rings is 1. The number of nitriles is 1. The van der Waals surface area contributed by atoms with Crippen molar-refractivity contribution in [3.05, 3.63) is 58.2 Å². The summed E-state index contributed by atoms with van der Waals surface area (Å²) in [6.45, 7) is 7.82.